The topological polar surface area (TPSA) is 38.3 Å². The third-order valence-electron chi connectivity index (χ3n) is 1.23. The molecular formula is C7H9NO2. The van der Waals surface area contributed by atoms with Crippen molar-refractivity contribution in [3.8, 4) is 0 Å². The highest BCUT2D eigenvalue weighted by molar-refractivity contribution is 5.95. The van der Waals surface area contributed by atoms with E-state index in [1.54, 1.807) is 19.2 Å². The zero-order chi connectivity index (χ0) is 7.40. The van der Waals surface area contributed by atoms with E-state index in [1.165, 1.54) is 6.26 Å². The van der Waals surface area contributed by atoms with Crippen molar-refractivity contribution in [2.24, 2.45) is 0 Å². The molecule has 54 valence electrons. The lowest BCUT2D eigenvalue weighted by Crippen LogP contribution is -2.20. The monoisotopic (exact) mass is 139 g/mol. The summed E-state index contributed by atoms with van der Waals surface area (Å²) in [6.45, 7) is 0.485. The van der Waals surface area contributed by atoms with E-state index in [1.807, 2.05) is 0 Å². The molecule has 3 nitrogen and oxygen atoms in total. The molecular weight excluding hydrogens is 130 g/mol. The predicted octanol–water partition coefficient (Wildman–Crippen LogP) is 0.203. The fourth-order valence-corrected chi connectivity index (χ4v) is 0.696. The third kappa shape index (κ3) is 1.37. The summed E-state index contributed by atoms with van der Waals surface area (Å²) in [6.07, 6.45) is 4.89. The van der Waals surface area contributed by atoms with Crippen LogP contribution in [0.2, 0.25) is 0 Å². The van der Waals surface area contributed by atoms with Crippen LogP contribution in [0.15, 0.2) is 24.0 Å². The first-order valence-corrected chi connectivity index (χ1v) is 3.05. The molecule has 10 heavy (non-hydrogen) atoms. The number of likely N-dealkylation sites (N-methyl/N-ethyl adjacent to an activating group) is 1. The molecule has 0 fully saturated rings. The van der Waals surface area contributed by atoms with Gasteiger partial charge in [0, 0.05) is 12.6 Å². The SMILES string of the molecule is CNC(=O)C1=CCOC=C1. The molecule has 1 N–H and O–H groups in total. The maximum atomic E-state index is 10.9. The fourth-order valence-electron chi connectivity index (χ4n) is 0.696. The van der Waals surface area contributed by atoms with Crippen molar-refractivity contribution in [1.29, 1.82) is 0 Å². The molecule has 0 aliphatic carbocycles. The molecule has 1 amide bonds. The van der Waals surface area contributed by atoms with Crippen molar-refractivity contribution in [1.82, 2.24) is 5.32 Å². The van der Waals surface area contributed by atoms with E-state index in [2.05, 4.69) is 5.32 Å². The summed E-state index contributed by atoms with van der Waals surface area (Å²) in [7, 11) is 1.60. The highest BCUT2D eigenvalue weighted by atomic mass is 16.5. The van der Waals surface area contributed by atoms with Crippen LogP contribution in [-0.2, 0) is 9.53 Å². The number of amides is 1. The molecule has 0 aromatic heterocycles. The van der Waals surface area contributed by atoms with E-state index >= 15 is 0 Å². The van der Waals surface area contributed by atoms with Gasteiger partial charge in [-0.3, -0.25) is 4.79 Å². The first kappa shape index (κ1) is 6.86. The van der Waals surface area contributed by atoms with Gasteiger partial charge in [-0.2, -0.15) is 0 Å². The minimum absolute atomic E-state index is 0.0699. The first-order chi connectivity index (χ1) is 4.84. The Kier molecular flexibility index (Phi) is 2.10. The van der Waals surface area contributed by atoms with E-state index < -0.39 is 0 Å². The lowest BCUT2D eigenvalue weighted by atomic mass is 10.2. The average molecular weight is 139 g/mol. The second kappa shape index (κ2) is 3.06. The Morgan fingerprint density at radius 2 is 2.60 bits per heavy atom. The Hall–Kier alpha value is -1.25. The molecule has 3 heteroatoms. The van der Waals surface area contributed by atoms with Gasteiger partial charge in [0.15, 0.2) is 0 Å². The molecule has 0 spiro atoms. The van der Waals surface area contributed by atoms with Crippen LogP contribution in [0, 0.1) is 0 Å². The Balaban J connectivity index is 2.63. The number of hydrogen-bond acceptors (Lipinski definition) is 2. The molecule has 0 aromatic rings. The summed E-state index contributed by atoms with van der Waals surface area (Å²) in [5.41, 5.74) is 0.661. The van der Waals surface area contributed by atoms with Crippen LogP contribution in [-0.4, -0.2) is 19.6 Å². The number of nitrogens with one attached hydrogen (secondary N) is 1. The highest BCUT2D eigenvalue weighted by Crippen LogP contribution is 2.02. The molecule has 0 saturated heterocycles. The average Bonchev–Trinajstić information content (AvgIpc) is 2.05. The van der Waals surface area contributed by atoms with E-state index in [-0.39, 0.29) is 5.91 Å². The number of ether oxygens (including phenoxy) is 1. The fraction of sp³-hybridized carbons (Fsp3) is 0.286. The van der Waals surface area contributed by atoms with Gasteiger partial charge in [0.2, 0.25) is 0 Å². The smallest absolute Gasteiger partial charge is 0.250 e. The predicted molar refractivity (Wildman–Crippen MR) is 37.2 cm³/mol. The first-order valence-electron chi connectivity index (χ1n) is 3.05. The molecule has 0 radical (unpaired) electrons. The Bertz CT molecular complexity index is 194. The van der Waals surface area contributed by atoms with Gasteiger partial charge in [0.1, 0.15) is 6.61 Å². The Labute approximate surface area is 59.4 Å². The Morgan fingerprint density at radius 1 is 1.80 bits per heavy atom. The zero-order valence-electron chi connectivity index (χ0n) is 5.76. The molecule has 0 atom stereocenters. The number of rotatable bonds is 1. The van der Waals surface area contributed by atoms with Gasteiger partial charge in [-0.1, -0.05) is 0 Å². The number of hydrogen-bond donors (Lipinski definition) is 1. The summed E-state index contributed by atoms with van der Waals surface area (Å²) in [5, 5.41) is 2.52. The third-order valence-corrected chi connectivity index (χ3v) is 1.23. The zero-order valence-corrected chi connectivity index (χ0v) is 5.76. The van der Waals surface area contributed by atoms with Gasteiger partial charge in [-0.25, -0.2) is 0 Å². The van der Waals surface area contributed by atoms with Crippen molar-refractivity contribution < 1.29 is 9.53 Å². The maximum Gasteiger partial charge on any atom is 0.250 e. The van der Waals surface area contributed by atoms with E-state index in [0.29, 0.717) is 12.2 Å². The van der Waals surface area contributed by atoms with Crippen LogP contribution in [0.25, 0.3) is 0 Å². The minimum atomic E-state index is -0.0699. The molecule has 1 aliphatic heterocycles. The normalized spacial score (nSPS) is 15.5. The van der Waals surface area contributed by atoms with Crippen LogP contribution < -0.4 is 5.32 Å². The van der Waals surface area contributed by atoms with Crippen molar-refractivity contribution in [3.63, 3.8) is 0 Å². The molecule has 0 bridgehead atoms. The molecule has 1 aliphatic rings. The molecule has 0 unspecified atom stereocenters. The van der Waals surface area contributed by atoms with E-state index in [9.17, 15) is 4.79 Å². The Morgan fingerprint density at radius 3 is 3.10 bits per heavy atom. The van der Waals surface area contributed by atoms with Crippen molar-refractivity contribution in [2.75, 3.05) is 13.7 Å². The highest BCUT2D eigenvalue weighted by Gasteiger charge is 2.04. The maximum absolute atomic E-state index is 10.9. The van der Waals surface area contributed by atoms with Gasteiger partial charge in [0.25, 0.3) is 5.91 Å². The van der Waals surface area contributed by atoms with Gasteiger partial charge in [-0.15, -0.1) is 0 Å². The molecule has 0 aromatic carbocycles. The summed E-state index contributed by atoms with van der Waals surface area (Å²) in [6, 6.07) is 0. The van der Waals surface area contributed by atoms with Crippen LogP contribution in [0.5, 0.6) is 0 Å². The lowest BCUT2D eigenvalue weighted by molar-refractivity contribution is -0.116. The quantitative estimate of drug-likeness (QED) is 0.563. The standard InChI is InChI=1S/C7H9NO2/c1-8-7(9)6-2-4-10-5-3-6/h2-4H,5H2,1H3,(H,8,9). The summed E-state index contributed by atoms with van der Waals surface area (Å²) >= 11 is 0. The van der Waals surface area contributed by atoms with Crippen molar-refractivity contribution in [3.05, 3.63) is 24.0 Å². The van der Waals surface area contributed by atoms with E-state index in [4.69, 9.17) is 4.74 Å². The lowest BCUT2D eigenvalue weighted by Gasteiger charge is -2.05. The minimum Gasteiger partial charge on any atom is -0.497 e. The number of carbonyl (C=O) groups is 1. The van der Waals surface area contributed by atoms with Gasteiger partial charge in [-0.05, 0) is 12.2 Å². The van der Waals surface area contributed by atoms with Gasteiger partial charge in [0.05, 0.1) is 6.26 Å². The van der Waals surface area contributed by atoms with Crippen molar-refractivity contribution in [2.45, 2.75) is 0 Å². The van der Waals surface area contributed by atoms with Crippen LogP contribution in [0.4, 0.5) is 0 Å². The summed E-state index contributed by atoms with van der Waals surface area (Å²) < 4.78 is 4.86. The number of carbonyl (C=O) groups excluding carboxylic acids is 1. The van der Waals surface area contributed by atoms with Gasteiger partial charge < -0.3 is 10.1 Å². The second-order valence-corrected chi connectivity index (χ2v) is 1.87. The summed E-state index contributed by atoms with van der Waals surface area (Å²) in [4.78, 5) is 10.9. The van der Waals surface area contributed by atoms with E-state index in [0.717, 1.165) is 0 Å². The van der Waals surface area contributed by atoms with Crippen LogP contribution in [0.3, 0.4) is 0 Å². The molecule has 1 rings (SSSR count). The van der Waals surface area contributed by atoms with Crippen LogP contribution in [0.1, 0.15) is 0 Å². The second-order valence-electron chi connectivity index (χ2n) is 1.87. The molecule has 1 heterocycles. The largest absolute Gasteiger partial charge is 0.497 e. The van der Waals surface area contributed by atoms with Crippen LogP contribution >= 0.6 is 0 Å². The van der Waals surface area contributed by atoms with Gasteiger partial charge >= 0.3 is 0 Å². The van der Waals surface area contributed by atoms with Crippen molar-refractivity contribution >= 4 is 5.91 Å². The molecule has 0 saturated carbocycles. The summed E-state index contributed by atoms with van der Waals surface area (Å²) in [5.74, 6) is -0.0699.